The van der Waals surface area contributed by atoms with Crippen molar-refractivity contribution in [1.29, 1.82) is 0 Å². The molecule has 0 heterocycles. The normalized spacial score (nSPS) is 9.77. The second-order valence-corrected chi connectivity index (χ2v) is 2.45. The number of carbonyl (C=O) groups is 1. The van der Waals surface area contributed by atoms with Crippen LogP contribution < -0.4 is 4.74 Å². The molecule has 0 aliphatic rings. The number of alkyl halides is 1. The molecule has 0 radical (unpaired) electrons. The summed E-state index contributed by atoms with van der Waals surface area (Å²) >= 11 is 5.11. The average molecular weight is 207 g/mol. The zero-order valence-electron chi connectivity index (χ0n) is 6.39. The summed E-state index contributed by atoms with van der Waals surface area (Å²) in [6, 6.07) is 2.63. The van der Waals surface area contributed by atoms with Crippen molar-refractivity contribution >= 4 is 17.6 Å². The summed E-state index contributed by atoms with van der Waals surface area (Å²) in [5.74, 6) is -3.16. The van der Waals surface area contributed by atoms with E-state index in [1.807, 2.05) is 0 Å². The van der Waals surface area contributed by atoms with Gasteiger partial charge in [0.2, 0.25) is 0 Å². The molecular formula is C8H5ClF2O2. The van der Waals surface area contributed by atoms with E-state index in [0.717, 1.165) is 12.1 Å². The SMILES string of the molecule is O=C(CCl)Oc1ccc(F)cc1F. The van der Waals surface area contributed by atoms with Crippen LogP contribution in [0.5, 0.6) is 5.75 Å². The Morgan fingerprint density at radius 3 is 2.69 bits per heavy atom. The van der Waals surface area contributed by atoms with Gasteiger partial charge in [-0.2, -0.15) is 0 Å². The van der Waals surface area contributed by atoms with Gasteiger partial charge in [-0.15, -0.1) is 11.6 Å². The van der Waals surface area contributed by atoms with E-state index in [2.05, 4.69) is 4.74 Å². The van der Waals surface area contributed by atoms with E-state index in [-0.39, 0.29) is 11.6 Å². The molecule has 2 nitrogen and oxygen atoms in total. The van der Waals surface area contributed by atoms with Crippen LogP contribution in [0.3, 0.4) is 0 Å². The summed E-state index contributed by atoms with van der Waals surface area (Å²) < 4.78 is 29.6. The van der Waals surface area contributed by atoms with E-state index in [9.17, 15) is 13.6 Å². The third kappa shape index (κ3) is 2.66. The van der Waals surface area contributed by atoms with Gasteiger partial charge in [-0.1, -0.05) is 0 Å². The summed E-state index contributed by atoms with van der Waals surface area (Å²) in [7, 11) is 0. The molecule has 0 aliphatic carbocycles. The maximum Gasteiger partial charge on any atom is 0.326 e. The third-order valence-corrected chi connectivity index (χ3v) is 1.45. The fraction of sp³-hybridized carbons (Fsp3) is 0.125. The molecule has 0 aliphatic heterocycles. The van der Waals surface area contributed by atoms with E-state index in [0.29, 0.717) is 6.07 Å². The highest BCUT2D eigenvalue weighted by atomic mass is 35.5. The molecule has 0 saturated heterocycles. The summed E-state index contributed by atoms with van der Waals surface area (Å²) in [4.78, 5) is 10.6. The zero-order chi connectivity index (χ0) is 9.84. The number of rotatable bonds is 2. The second kappa shape index (κ2) is 4.18. The molecule has 0 unspecified atom stereocenters. The molecule has 0 spiro atoms. The molecule has 0 bridgehead atoms. The minimum atomic E-state index is -0.932. The lowest BCUT2D eigenvalue weighted by Gasteiger charge is -2.02. The van der Waals surface area contributed by atoms with Gasteiger partial charge in [0.05, 0.1) is 0 Å². The Hall–Kier alpha value is -1.16. The van der Waals surface area contributed by atoms with E-state index >= 15 is 0 Å². The first-order chi connectivity index (χ1) is 6.13. The molecule has 0 N–H and O–H groups in total. The van der Waals surface area contributed by atoms with Crippen LogP contribution in [-0.2, 0) is 4.79 Å². The van der Waals surface area contributed by atoms with Gasteiger partial charge in [0.15, 0.2) is 11.6 Å². The summed E-state index contributed by atoms with van der Waals surface area (Å²) in [6.07, 6.45) is 0. The Morgan fingerprint density at radius 2 is 2.15 bits per heavy atom. The Labute approximate surface area is 78.1 Å². The van der Waals surface area contributed by atoms with Crippen molar-refractivity contribution in [3.63, 3.8) is 0 Å². The monoisotopic (exact) mass is 206 g/mol. The van der Waals surface area contributed by atoms with Crippen molar-refractivity contribution in [1.82, 2.24) is 0 Å². The highest BCUT2D eigenvalue weighted by Gasteiger charge is 2.08. The first kappa shape index (κ1) is 9.92. The molecule has 0 fully saturated rings. The molecule has 0 aromatic heterocycles. The lowest BCUT2D eigenvalue weighted by atomic mass is 10.3. The lowest BCUT2D eigenvalue weighted by molar-refractivity contribution is -0.131. The fourth-order valence-corrected chi connectivity index (χ4v) is 0.762. The number of carbonyl (C=O) groups excluding carboxylic acids is 1. The quantitative estimate of drug-likeness (QED) is 0.421. The number of ether oxygens (including phenoxy) is 1. The number of benzene rings is 1. The highest BCUT2D eigenvalue weighted by Crippen LogP contribution is 2.17. The molecule has 0 atom stereocenters. The van der Waals surface area contributed by atoms with Gasteiger partial charge in [-0.25, -0.2) is 8.78 Å². The topological polar surface area (TPSA) is 26.3 Å². The van der Waals surface area contributed by atoms with Gasteiger partial charge < -0.3 is 4.74 Å². The Morgan fingerprint density at radius 1 is 1.46 bits per heavy atom. The van der Waals surface area contributed by atoms with Crippen LogP contribution >= 0.6 is 11.6 Å². The number of esters is 1. The Balaban J connectivity index is 2.83. The molecule has 5 heteroatoms. The van der Waals surface area contributed by atoms with Crippen molar-refractivity contribution in [2.45, 2.75) is 0 Å². The van der Waals surface area contributed by atoms with Crippen LogP contribution in [0, 0.1) is 11.6 Å². The average Bonchev–Trinajstić information content (AvgIpc) is 2.09. The summed E-state index contributed by atoms with van der Waals surface area (Å²) in [6.45, 7) is 0. The molecule has 70 valence electrons. The van der Waals surface area contributed by atoms with Crippen molar-refractivity contribution in [3.05, 3.63) is 29.8 Å². The maximum absolute atomic E-state index is 12.8. The number of halogens is 3. The van der Waals surface area contributed by atoms with Crippen LogP contribution in [-0.4, -0.2) is 11.8 Å². The van der Waals surface area contributed by atoms with Crippen molar-refractivity contribution in [3.8, 4) is 5.75 Å². The van der Waals surface area contributed by atoms with Crippen LogP contribution in [0.1, 0.15) is 0 Å². The predicted octanol–water partition coefficient (Wildman–Crippen LogP) is 2.11. The van der Waals surface area contributed by atoms with E-state index in [1.165, 1.54) is 0 Å². The van der Waals surface area contributed by atoms with E-state index in [4.69, 9.17) is 11.6 Å². The molecular weight excluding hydrogens is 202 g/mol. The Kier molecular flexibility index (Phi) is 3.19. The molecule has 1 aromatic rings. The van der Waals surface area contributed by atoms with Gasteiger partial charge in [-0.3, -0.25) is 4.79 Å². The van der Waals surface area contributed by atoms with Gasteiger partial charge in [0.25, 0.3) is 0 Å². The Bertz CT molecular complexity index is 328. The number of hydrogen-bond donors (Lipinski definition) is 0. The van der Waals surface area contributed by atoms with E-state index in [1.54, 1.807) is 0 Å². The second-order valence-electron chi connectivity index (χ2n) is 2.18. The first-order valence-electron chi connectivity index (χ1n) is 3.35. The van der Waals surface area contributed by atoms with E-state index < -0.39 is 17.6 Å². The van der Waals surface area contributed by atoms with Crippen molar-refractivity contribution in [2.75, 3.05) is 5.88 Å². The molecule has 0 saturated carbocycles. The van der Waals surface area contributed by atoms with Gasteiger partial charge >= 0.3 is 5.97 Å². The number of hydrogen-bond acceptors (Lipinski definition) is 2. The molecule has 1 rings (SSSR count). The van der Waals surface area contributed by atoms with Crippen LogP contribution in [0.2, 0.25) is 0 Å². The van der Waals surface area contributed by atoms with Crippen molar-refractivity contribution < 1.29 is 18.3 Å². The van der Waals surface area contributed by atoms with Crippen LogP contribution in [0.15, 0.2) is 18.2 Å². The summed E-state index contributed by atoms with van der Waals surface area (Å²) in [5, 5.41) is 0. The minimum absolute atomic E-state index is 0.327. The highest BCUT2D eigenvalue weighted by molar-refractivity contribution is 6.26. The molecule has 13 heavy (non-hydrogen) atoms. The standard InChI is InChI=1S/C8H5ClF2O2/c9-4-8(12)13-7-2-1-5(10)3-6(7)11/h1-3H,4H2. The largest absolute Gasteiger partial charge is 0.423 e. The molecule has 0 amide bonds. The zero-order valence-corrected chi connectivity index (χ0v) is 7.15. The van der Waals surface area contributed by atoms with Crippen LogP contribution in [0.25, 0.3) is 0 Å². The first-order valence-corrected chi connectivity index (χ1v) is 3.88. The van der Waals surface area contributed by atoms with Crippen molar-refractivity contribution in [2.24, 2.45) is 0 Å². The van der Waals surface area contributed by atoms with Gasteiger partial charge in [-0.05, 0) is 12.1 Å². The predicted molar refractivity (Wildman–Crippen MR) is 42.7 cm³/mol. The fourth-order valence-electron chi connectivity index (χ4n) is 0.708. The summed E-state index contributed by atoms with van der Waals surface area (Å²) in [5.41, 5.74) is 0. The van der Waals surface area contributed by atoms with Gasteiger partial charge in [0, 0.05) is 6.07 Å². The maximum atomic E-state index is 12.8. The smallest absolute Gasteiger partial charge is 0.326 e. The molecule has 1 aromatic carbocycles. The van der Waals surface area contributed by atoms with Crippen LogP contribution in [0.4, 0.5) is 8.78 Å². The van der Waals surface area contributed by atoms with Gasteiger partial charge in [0.1, 0.15) is 11.7 Å². The minimum Gasteiger partial charge on any atom is -0.423 e. The lowest BCUT2D eigenvalue weighted by Crippen LogP contribution is -2.09. The third-order valence-electron chi connectivity index (χ3n) is 1.23.